The van der Waals surface area contributed by atoms with Crippen LogP contribution in [0, 0.1) is 0 Å². The number of anilines is 1. The van der Waals surface area contributed by atoms with Crippen LogP contribution in [0.5, 0.6) is 0 Å². The summed E-state index contributed by atoms with van der Waals surface area (Å²) in [5.41, 5.74) is 4.22. The lowest BCUT2D eigenvalue weighted by Crippen LogP contribution is -2.16. The number of aromatic nitrogens is 3. The monoisotopic (exact) mass is 409 g/mol. The van der Waals surface area contributed by atoms with Crippen LogP contribution in [-0.4, -0.2) is 26.5 Å². The third-order valence-corrected chi connectivity index (χ3v) is 5.60. The van der Waals surface area contributed by atoms with Crippen molar-refractivity contribution in [2.45, 2.75) is 44.7 Å². The number of hydrogen-bond donors (Lipinski definition) is 2. The zero-order valence-electron chi connectivity index (χ0n) is 17.3. The van der Waals surface area contributed by atoms with E-state index in [9.17, 15) is 4.79 Å². The number of rotatable bonds is 6. The Hall–Kier alpha value is -2.80. The van der Waals surface area contributed by atoms with Gasteiger partial charge in [-0.2, -0.15) is 0 Å². The minimum atomic E-state index is -0.113. The maximum Gasteiger partial charge on any atom is 0.234 e. The first-order valence-corrected chi connectivity index (χ1v) is 10.6. The maximum absolute atomic E-state index is 12.2. The zero-order chi connectivity index (χ0) is 21.0. The fraction of sp³-hybridized carbons (Fsp3) is 0.318. The third-order valence-electron chi connectivity index (χ3n) is 4.65. The van der Waals surface area contributed by atoms with Gasteiger partial charge in [0, 0.05) is 11.3 Å². The van der Waals surface area contributed by atoms with Crippen LogP contribution in [-0.2, 0) is 16.6 Å². The van der Waals surface area contributed by atoms with Crippen LogP contribution in [0.1, 0.15) is 38.8 Å². The predicted molar refractivity (Wildman–Crippen MR) is 119 cm³/mol. The maximum atomic E-state index is 12.2. The van der Waals surface area contributed by atoms with Crippen LogP contribution >= 0.6 is 11.8 Å². The summed E-state index contributed by atoms with van der Waals surface area (Å²) in [6.45, 7) is 8.61. The van der Waals surface area contributed by atoms with Crippen LogP contribution in [0.15, 0.2) is 53.7 Å². The molecule has 0 aliphatic carbocycles. The van der Waals surface area contributed by atoms with Crippen LogP contribution in [0.4, 0.5) is 5.69 Å². The number of nitrogens with zero attached hydrogens (tertiary/aromatic N) is 3. The smallest absolute Gasteiger partial charge is 0.234 e. The summed E-state index contributed by atoms with van der Waals surface area (Å²) in [6, 6.07) is 16.0. The van der Waals surface area contributed by atoms with E-state index in [2.05, 4.69) is 55.3 Å². The topological polar surface area (TPSA) is 85.8 Å². The normalized spacial score (nSPS) is 11.4. The summed E-state index contributed by atoms with van der Waals surface area (Å²) in [4.78, 5) is 12.2. The quantitative estimate of drug-likeness (QED) is 0.469. The Morgan fingerprint density at radius 2 is 1.72 bits per heavy atom. The van der Waals surface area contributed by atoms with Crippen LogP contribution in [0.25, 0.3) is 11.4 Å². The molecule has 0 atom stereocenters. The molecule has 0 aliphatic rings. The number of aryl methyl sites for hydroxylation is 1. The third kappa shape index (κ3) is 5.17. The van der Waals surface area contributed by atoms with E-state index in [1.807, 2.05) is 36.4 Å². The summed E-state index contributed by atoms with van der Waals surface area (Å²) >= 11 is 1.26. The highest BCUT2D eigenvalue weighted by Crippen LogP contribution is 2.26. The van der Waals surface area contributed by atoms with Crippen molar-refractivity contribution < 1.29 is 4.79 Å². The van der Waals surface area contributed by atoms with E-state index >= 15 is 0 Å². The second-order valence-corrected chi connectivity index (χ2v) is 8.83. The van der Waals surface area contributed by atoms with Gasteiger partial charge >= 0.3 is 0 Å². The average molecular weight is 410 g/mol. The molecular weight excluding hydrogens is 382 g/mol. The van der Waals surface area contributed by atoms with Crippen molar-refractivity contribution >= 4 is 23.4 Å². The van der Waals surface area contributed by atoms with Gasteiger partial charge in [-0.05, 0) is 35.1 Å². The molecule has 3 aromatic rings. The van der Waals surface area contributed by atoms with E-state index in [1.165, 1.54) is 27.6 Å². The van der Waals surface area contributed by atoms with E-state index in [-0.39, 0.29) is 17.1 Å². The second kappa shape index (κ2) is 8.69. The lowest BCUT2D eigenvalue weighted by molar-refractivity contribution is -0.113. The Morgan fingerprint density at radius 3 is 2.31 bits per heavy atom. The summed E-state index contributed by atoms with van der Waals surface area (Å²) in [6.07, 6.45) is 0.970. The molecule has 6 nitrogen and oxygen atoms in total. The molecule has 0 aliphatic heterocycles. The first-order chi connectivity index (χ1) is 13.8. The molecule has 7 heteroatoms. The molecule has 1 heterocycles. The Labute approximate surface area is 175 Å². The molecule has 0 fully saturated rings. The Kier molecular flexibility index (Phi) is 6.27. The summed E-state index contributed by atoms with van der Waals surface area (Å²) in [7, 11) is 0. The molecule has 0 saturated carbocycles. The SMILES string of the molecule is CCc1ccc(NC(=O)CSc2nnc(-c3ccc(C(C)(C)C)cc3)n2N)cc1. The number of benzene rings is 2. The molecule has 1 aromatic heterocycles. The number of nitrogens with one attached hydrogen (secondary N) is 1. The largest absolute Gasteiger partial charge is 0.335 e. The number of carbonyl (C=O) groups excluding carboxylic acids is 1. The molecule has 152 valence electrons. The van der Waals surface area contributed by atoms with Crippen molar-refractivity contribution in [3.8, 4) is 11.4 Å². The molecule has 0 radical (unpaired) electrons. The van der Waals surface area contributed by atoms with Gasteiger partial charge in [0.05, 0.1) is 5.75 Å². The van der Waals surface area contributed by atoms with Crippen molar-refractivity contribution in [3.05, 3.63) is 59.7 Å². The summed E-state index contributed by atoms with van der Waals surface area (Å²) < 4.78 is 1.43. The molecular formula is C22H27N5OS. The van der Waals surface area contributed by atoms with Crippen molar-refractivity contribution in [1.82, 2.24) is 14.9 Å². The van der Waals surface area contributed by atoms with Gasteiger partial charge in [-0.25, -0.2) is 4.68 Å². The highest BCUT2D eigenvalue weighted by atomic mass is 32.2. The van der Waals surface area contributed by atoms with Gasteiger partial charge in [0.2, 0.25) is 11.1 Å². The predicted octanol–water partition coefficient (Wildman–Crippen LogP) is 4.25. The van der Waals surface area contributed by atoms with E-state index < -0.39 is 0 Å². The minimum Gasteiger partial charge on any atom is -0.335 e. The van der Waals surface area contributed by atoms with Gasteiger partial charge < -0.3 is 11.2 Å². The standard InChI is InChI=1S/C22H27N5OS/c1-5-15-6-12-18(13-7-15)24-19(28)14-29-21-26-25-20(27(21)23)16-8-10-17(11-9-16)22(2,3)4/h6-13H,5,14,23H2,1-4H3,(H,24,28). The van der Waals surface area contributed by atoms with Crippen molar-refractivity contribution in [2.24, 2.45) is 0 Å². The van der Waals surface area contributed by atoms with Crippen molar-refractivity contribution in [1.29, 1.82) is 0 Å². The molecule has 29 heavy (non-hydrogen) atoms. The van der Waals surface area contributed by atoms with Crippen molar-refractivity contribution in [2.75, 3.05) is 16.9 Å². The van der Waals surface area contributed by atoms with Gasteiger partial charge in [-0.1, -0.05) is 75.9 Å². The van der Waals surface area contributed by atoms with Gasteiger partial charge in [0.1, 0.15) is 0 Å². The van der Waals surface area contributed by atoms with Gasteiger partial charge in [-0.3, -0.25) is 4.79 Å². The highest BCUT2D eigenvalue weighted by molar-refractivity contribution is 7.99. The summed E-state index contributed by atoms with van der Waals surface area (Å²) in [5, 5.41) is 11.7. The average Bonchev–Trinajstić information content (AvgIpc) is 3.07. The molecule has 3 rings (SSSR count). The molecule has 0 saturated heterocycles. The zero-order valence-corrected chi connectivity index (χ0v) is 18.1. The molecule has 1 amide bonds. The number of nitrogen functional groups attached to an aromatic ring is 1. The lowest BCUT2D eigenvalue weighted by atomic mass is 9.87. The van der Waals surface area contributed by atoms with E-state index in [0.29, 0.717) is 11.0 Å². The first-order valence-electron chi connectivity index (χ1n) is 9.61. The number of thioether (sulfide) groups is 1. The minimum absolute atomic E-state index is 0.0835. The van der Waals surface area contributed by atoms with Crippen LogP contribution < -0.4 is 11.2 Å². The second-order valence-electron chi connectivity index (χ2n) is 7.89. The number of nitrogens with two attached hydrogens (primary N) is 1. The molecule has 0 bridgehead atoms. The Morgan fingerprint density at radius 1 is 1.07 bits per heavy atom. The van der Waals surface area contributed by atoms with Crippen LogP contribution in [0.3, 0.4) is 0 Å². The number of amides is 1. The fourth-order valence-electron chi connectivity index (χ4n) is 2.84. The van der Waals surface area contributed by atoms with E-state index in [0.717, 1.165) is 17.7 Å². The fourth-order valence-corrected chi connectivity index (χ4v) is 3.50. The molecule has 2 aromatic carbocycles. The van der Waals surface area contributed by atoms with Crippen LogP contribution in [0.2, 0.25) is 0 Å². The summed E-state index contributed by atoms with van der Waals surface area (Å²) in [5.74, 6) is 6.83. The number of hydrogen-bond acceptors (Lipinski definition) is 5. The van der Waals surface area contributed by atoms with Gasteiger partial charge in [0.25, 0.3) is 0 Å². The first kappa shape index (κ1) is 20.9. The molecule has 0 spiro atoms. The van der Waals surface area contributed by atoms with E-state index in [1.54, 1.807) is 0 Å². The number of carbonyl (C=O) groups is 1. The Bertz CT molecular complexity index is 972. The van der Waals surface area contributed by atoms with E-state index in [4.69, 9.17) is 5.84 Å². The van der Waals surface area contributed by atoms with Gasteiger partial charge in [-0.15, -0.1) is 10.2 Å². The van der Waals surface area contributed by atoms with Gasteiger partial charge in [0.15, 0.2) is 5.82 Å². The Balaban J connectivity index is 1.62. The van der Waals surface area contributed by atoms with Crippen molar-refractivity contribution in [3.63, 3.8) is 0 Å². The lowest BCUT2D eigenvalue weighted by Gasteiger charge is -2.19. The molecule has 3 N–H and O–H groups in total. The molecule has 0 unspecified atom stereocenters. The highest BCUT2D eigenvalue weighted by Gasteiger charge is 2.16.